The molecule has 0 amide bonds. The normalized spacial score (nSPS) is 20.5. The molecular weight excluding hydrogens is 308 g/mol. The van der Waals surface area contributed by atoms with Crippen molar-refractivity contribution in [2.45, 2.75) is 23.8 Å². The molecule has 0 radical (unpaired) electrons. The molecule has 0 N–H and O–H groups in total. The summed E-state index contributed by atoms with van der Waals surface area (Å²) in [6.07, 6.45) is 2.77. The minimum atomic E-state index is -3.94. The second-order valence-electron chi connectivity index (χ2n) is 5.83. The van der Waals surface area contributed by atoms with Crippen LogP contribution in [0.3, 0.4) is 0 Å². The lowest BCUT2D eigenvalue weighted by molar-refractivity contribution is 0.187. The largest absolute Gasteiger partial charge is 0.330 e. The van der Waals surface area contributed by atoms with Crippen molar-refractivity contribution in [3.8, 4) is 0 Å². The van der Waals surface area contributed by atoms with Crippen LogP contribution in [0, 0.1) is 0 Å². The number of sulfonamides is 1. The summed E-state index contributed by atoms with van der Waals surface area (Å²) < 4.78 is 28.7. The van der Waals surface area contributed by atoms with Crippen LogP contribution >= 0.6 is 0 Å². The van der Waals surface area contributed by atoms with E-state index in [0.29, 0.717) is 6.54 Å². The van der Waals surface area contributed by atoms with Gasteiger partial charge >= 0.3 is 5.69 Å². The van der Waals surface area contributed by atoms with Crippen LogP contribution in [0.15, 0.2) is 20.7 Å². The number of hydrogen-bond donors (Lipinski definition) is 0. The number of aryl methyl sites for hydroxylation is 1. The molecule has 0 aliphatic carbocycles. The monoisotopic (exact) mass is 330 g/mol. The second-order valence-corrected chi connectivity index (χ2v) is 7.80. The fraction of sp³-hybridized carbons (Fsp3) is 0.692. The number of aromatic nitrogens is 2. The van der Waals surface area contributed by atoms with Crippen LogP contribution in [-0.2, 0) is 24.1 Å². The summed E-state index contributed by atoms with van der Waals surface area (Å²) in [4.78, 5) is 25.6. The topological polar surface area (TPSA) is 84.6 Å². The van der Waals surface area contributed by atoms with Crippen LogP contribution in [0.4, 0.5) is 0 Å². The van der Waals surface area contributed by atoms with Gasteiger partial charge in [0.2, 0.25) is 10.0 Å². The maximum atomic E-state index is 12.8. The Hall–Kier alpha value is -1.45. The van der Waals surface area contributed by atoms with E-state index in [1.807, 2.05) is 7.05 Å². The molecule has 0 spiro atoms. The number of piperidine rings is 1. The number of hydrogen-bond acceptors (Lipinski definition) is 5. The first-order valence-electron chi connectivity index (χ1n) is 7.09. The highest BCUT2D eigenvalue weighted by Crippen LogP contribution is 2.19. The summed E-state index contributed by atoms with van der Waals surface area (Å²) in [6, 6.07) is -0.175. The number of likely N-dealkylation sites (N-methyl/N-ethyl adjacent to an activating group) is 2. The van der Waals surface area contributed by atoms with Gasteiger partial charge in [0.15, 0.2) is 4.90 Å². The smallest absolute Gasteiger partial charge is 0.305 e. The molecule has 1 aromatic heterocycles. The van der Waals surface area contributed by atoms with E-state index in [-0.39, 0.29) is 10.9 Å². The Kier molecular flexibility index (Phi) is 4.59. The van der Waals surface area contributed by atoms with Gasteiger partial charge in [0, 0.05) is 39.9 Å². The molecule has 0 unspecified atom stereocenters. The Morgan fingerprint density at radius 1 is 1.23 bits per heavy atom. The van der Waals surface area contributed by atoms with Gasteiger partial charge in [-0.2, -0.15) is 4.31 Å². The molecule has 0 bridgehead atoms. The van der Waals surface area contributed by atoms with Crippen molar-refractivity contribution in [3.05, 3.63) is 27.0 Å². The molecule has 1 saturated heterocycles. The molecule has 1 aliphatic heterocycles. The Bertz CT molecular complexity index is 780. The molecule has 2 rings (SSSR count). The van der Waals surface area contributed by atoms with E-state index in [1.165, 1.54) is 25.4 Å². The molecule has 9 heteroatoms. The van der Waals surface area contributed by atoms with Crippen LogP contribution < -0.4 is 11.2 Å². The molecule has 1 aromatic rings. The molecule has 124 valence electrons. The highest BCUT2D eigenvalue weighted by atomic mass is 32.2. The second kappa shape index (κ2) is 5.98. The molecule has 0 aromatic carbocycles. The lowest BCUT2D eigenvalue weighted by Crippen LogP contribution is -2.49. The molecule has 2 heterocycles. The van der Waals surface area contributed by atoms with Gasteiger partial charge in [0.25, 0.3) is 5.56 Å². The van der Waals surface area contributed by atoms with Crippen molar-refractivity contribution in [2.24, 2.45) is 14.1 Å². The third-order valence-electron chi connectivity index (χ3n) is 4.19. The van der Waals surface area contributed by atoms with Crippen molar-refractivity contribution < 1.29 is 8.42 Å². The number of rotatable bonds is 3. The molecule has 1 atom stereocenters. The van der Waals surface area contributed by atoms with Gasteiger partial charge in [0.05, 0.1) is 0 Å². The Morgan fingerprint density at radius 3 is 2.45 bits per heavy atom. The molecule has 1 fully saturated rings. The highest BCUT2D eigenvalue weighted by molar-refractivity contribution is 7.89. The summed E-state index contributed by atoms with van der Waals surface area (Å²) in [6.45, 7) is 1.56. The fourth-order valence-corrected chi connectivity index (χ4v) is 4.26. The Labute approximate surface area is 129 Å². The zero-order valence-corrected chi connectivity index (χ0v) is 14.1. The van der Waals surface area contributed by atoms with E-state index >= 15 is 0 Å². The highest BCUT2D eigenvalue weighted by Gasteiger charge is 2.33. The van der Waals surface area contributed by atoms with Crippen molar-refractivity contribution in [2.75, 3.05) is 27.2 Å². The SMILES string of the molecule is CN1CCC[C@@H](N(C)S(=O)(=O)c2cn(C)c(=O)n(C)c2=O)C1. The van der Waals surface area contributed by atoms with E-state index in [2.05, 4.69) is 4.90 Å². The molecule has 0 saturated carbocycles. The lowest BCUT2D eigenvalue weighted by Gasteiger charge is -2.35. The van der Waals surface area contributed by atoms with Crippen LogP contribution in [0.5, 0.6) is 0 Å². The first-order valence-corrected chi connectivity index (χ1v) is 8.53. The molecule has 8 nitrogen and oxygen atoms in total. The summed E-state index contributed by atoms with van der Waals surface area (Å²) in [7, 11) is 2.19. The number of likely N-dealkylation sites (tertiary alicyclic amines) is 1. The van der Waals surface area contributed by atoms with E-state index in [0.717, 1.165) is 34.7 Å². The molecule has 1 aliphatic rings. The van der Waals surface area contributed by atoms with Crippen LogP contribution in [0.1, 0.15) is 12.8 Å². The lowest BCUT2D eigenvalue weighted by atomic mass is 10.1. The summed E-state index contributed by atoms with van der Waals surface area (Å²) in [5, 5.41) is 0. The van der Waals surface area contributed by atoms with Crippen molar-refractivity contribution in [1.82, 2.24) is 18.3 Å². The zero-order chi connectivity index (χ0) is 16.7. The van der Waals surface area contributed by atoms with Gasteiger partial charge in [0.1, 0.15) is 0 Å². The van der Waals surface area contributed by atoms with E-state index < -0.39 is 21.3 Å². The zero-order valence-electron chi connectivity index (χ0n) is 13.3. The van der Waals surface area contributed by atoms with Crippen LogP contribution in [-0.4, -0.2) is 60.0 Å². The van der Waals surface area contributed by atoms with Crippen molar-refractivity contribution in [1.29, 1.82) is 0 Å². The minimum Gasteiger partial charge on any atom is -0.305 e. The summed E-state index contributed by atoms with van der Waals surface area (Å²) in [5.41, 5.74) is -1.34. The summed E-state index contributed by atoms with van der Waals surface area (Å²) in [5.74, 6) is 0. The van der Waals surface area contributed by atoms with Gasteiger partial charge in [-0.3, -0.25) is 9.36 Å². The van der Waals surface area contributed by atoms with Gasteiger partial charge in [-0.25, -0.2) is 13.2 Å². The predicted molar refractivity (Wildman–Crippen MR) is 82.4 cm³/mol. The first kappa shape index (κ1) is 16.9. The van der Waals surface area contributed by atoms with Gasteiger partial charge < -0.3 is 9.47 Å². The third kappa shape index (κ3) is 2.88. The summed E-state index contributed by atoms with van der Waals surface area (Å²) >= 11 is 0. The average molecular weight is 330 g/mol. The fourth-order valence-electron chi connectivity index (χ4n) is 2.74. The third-order valence-corrected chi connectivity index (χ3v) is 6.08. The van der Waals surface area contributed by atoms with E-state index in [4.69, 9.17) is 0 Å². The predicted octanol–water partition coefficient (Wildman–Crippen LogP) is -1.20. The maximum Gasteiger partial charge on any atom is 0.330 e. The van der Waals surface area contributed by atoms with Crippen molar-refractivity contribution in [3.63, 3.8) is 0 Å². The van der Waals surface area contributed by atoms with Gasteiger partial charge in [-0.1, -0.05) is 0 Å². The Morgan fingerprint density at radius 2 is 1.86 bits per heavy atom. The minimum absolute atomic E-state index is 0.175. The van der Waals surface area contributed by atoms with E-state index in [9.17, 15) is 18.0 Å². The first-order chi connectivity index (χ1) is 10.2. The van der Waals surface area contributed by atoms with Crippen LogP contribution in [0.2, 0.25) is 0 Å². The average Bonchev–Trinajstić information content (AvgIpc) is 2.47. The maximum absolute atomic E-state index is 12.8. The van der Waals surface area contributed by atoms with Crippen LogP contribution in [0.25, 0.3) is 0 Å². The van der Waals surface area contributed by atoms with Gasteiger partial charge in [-0.05, 0) is 26.4 Å². The molecule has 22 heavy (non-hydrogen) atoms. The van der Waals surface area contributed by atoms with E-state index in [1.54, 1.807) is 0 Å². The molecular formula is C13H22N4O4S. The van der Waals surface area contributed by atoms with Crippen molar-refractivity contribution >= 4 is 10.0 Å². The Balaban J connectivity index is 2.47. The van der Waals surface area contributed by atoms with Gasteiger partial charge in [-0.15, -0.1) is 0 Å². The standard InChI is InChI=1S/C13H22N4O4S/c1-14-7-5-6-10(8-14)17(4)22(20,21)11-9-15(2)13(19)16(3)12(11)18/h9-10H,5-8H2,1-4H3/t10-/m1/s1. The quantitative estimate of drug-likeness (QED) is 0.695. The number of nitrogens with zero attached hydrogens (tertiary/aromatic N) is 4.